The highest BCUT2D eigenvalue weighted by molar-refractivity contribution is 8.00. The van der Waals surface area contributed by atoms with Crippen molar-refractivity contribution in [1.82, 2.24) is 5.32 Å². The number of nitrogens with one attached hydrogen (secondary N) is 1. The van der Waals surface area contributed by atoms with Crippen molar-refractivity contribution in [3.05, 3.63) is 29.8 Å². The van der Waals surface area contributed by atoms with Crippen LogP contribution in [0.25, 0.3) is 0 Å². The number of hydrogen-bond donors (Lipinski definition) is 1. The maximum atomic E-state index is 11.5. The Kier molecular flexibility index (Phi) is 7.13. The second kappa shape index (κ2) is 8.72. The van der Waals surface area contributed by atoms with Crippen LogP contribution in [0.4, 0.5) is 0 Å². The van der Waals surface area contributed by atoms with Gasteiger partial charge in [0.05, 0.1) is 5.75 Å². The summed E-state index contributed by atoms with van der Waals surface area (Å²) in [5, 5.41) is 2.81. The van der Waals surface area contributed by atoms with Crippen LogP contribution < -0.4 is 5.32 Å². The minimum Gasteiger partial charge on any atom is -0.385 e. The molecule has 18 heavy (non-hydrogen) atoms. The molecule has 98 valence electrons. The smallest absolute Gasteiger partial charge is 0.230 e. The fraction of sp³-hybridized carbons (Fsp3) is 0.385. The number of carbonyl (C=O) groups excluding carboxylic acids is 2. The quantitative estimate of drug-likeness (QED) is 0.443. The molecule has 0 aliphatic carbocycles. The third kappa shape index (κ3) is 5.84. The summed E-state index contributed by atoms with van der Waals surface area (Å²) in [7, 11) is 1.64. The van der Waals surface area contributed by atoms with Crippen molar-refractivity contribution in [2.45, 2.75) is 11.3 Å². The minimum absolute atomic E-state index is 0.00978. The third-order valence-corrected chi connectivity index (χ3v) is 3.25. The van der Waals surface area contributed by atoms with Crippen LogP contribution in [-0.2, 0) is 9.53 Å². The highest BCUT2D eigenvalue weighted by atomic mass is 32.2. The predicted molar refractivity (Wildman–Crippen MR) is 72.1 cm³/mol. The molecule has 0 atom stereocenters. The van der Waals surface area contributed by atoms with Gasteiger partial charge in [0.25, 0.3) is 0 Å². The molecule has 0 spiro atoms. The molecule has 1 N–H and O–H groups in total. The van der Waals surface area contributed by atoms with Gasteiger partial charge in [-0.15, -0.1) is 11.8 Å². The van der Waals surface area contributed by atoms with Gasteiger partial charge in [-0.2, -0.15) is 0 Å². The van der Waals surface area contributed by atoms with Gasteiger partial charge in [-0.05, 0) is 18.6 Å². The number of methoxy groups -OCH3 is 1. The van der Waals surface area contributed by atoms with E-state index in [1.165, 1.54) is 11.8 Å². The van der Waals surface area contributed by atoms with Gasteiger partial charge in [0.1, 0.15) is 6.29 Å². The van der Waals surface area contributed by atoms with E-state index in [1.54, 1.807) is 19.2 Å². The summed E-state index contributed by atoms with van der Waals surface area (Å²) in [4.78, 5) is 22.9. The molecule has 4 nitrogen and oxygen atoms in total. The normalized spacial score (nSPS) is 10.1. The van der Waals surface area contributed by atoms with Crippen LogP contribution in [0.1, 0.15) is 16.8 Å². The molecule has 0 fully saturated rings. The average molecular weight is 267 g/mol. The second-order valence-corrected chi connectivity index (χ2v) is 4.72. The van der Waals surface area contributed by atoms with Crippen LogP contribution in [0, 0.1) is 0 Å². The number of carbonyl (C=O) groups is 2. The monoisotopic (exact) mass is 267 g/mol. The molecular formula is C13H17NO3S. The van der Waals surface area contributed by atoms with Gasteiger partial charge in [-0.3, -0.25) is 9.59 Å². The summed E-state index contributed by atoms with van der Waals surface area (Å²) >= 11 is 1.45. The lowest BCUT2D eigenvalue weighted by molar-refractivity contribution is -0.118. The Bertz CT molecular complexity index is 378. The summed E-state index contributed by atoms with van der Waals surface area (Å²) in [5.41, 5.74) is 0.642. The van der Waals surface area contributed by atoms with Gasteiger partial charge in [0, 0.05) is 30.7 Å². The van der Waals surface area contributed by atoms with Gasteiger partial charge < -0.3 is 10.1 Å². The first-order valence-corrected chi connectivity index (χ1v) is 6.68. The molecule has 0 aliphatic heterocycles. The van der Waals surface area contributed by atoms with Crippen LogP contribution in [0.15, 0.2) is 29.2 Å². The number of benzene rings is 1. The molecule has 0 bridgehead atoms. The van der Waals surface area contributed by atoms with E-state index >= 15 is 0 Å². The topological polar surface area (TPSA) is 55.4 Å². The highest BCUT2D eigenvalue weighted by Gasteiger charge is 2.02. The summed E-state index contributed by atoms with van der Waals surface area (Å²) in [6, 6.07) is 7.16. The predicted octanol–water partition coefficient (Wildman–Crippen LogP) is 1.74. The van der Waals surface area contributed by atoms with E-state index in [0.717, 1.165) is 17.6 Å². The number of aldehydes is 1. The zero-order valence-electron chi connectivity index (χ0n) is 10.3. The molecule has 0 saturated heterocycles. The van der Waals surface area contributed by atoms with Crippen molar-refractivity contribution in [2.75, 3.05) is 26.0 Å². The fourth-order valence-electron chi connectivity index (χ4n) is 1.29. The minimum atomic E-state index is 0.00978. The lowest BCUT2D eigenvalue weighted by Gasteiger charge is -2.04. The lowest BCUT2D eigenvalue weighted by Crippen LogP contribution is -2.26. The maximum absolute atomic E-state index is 11.5. The molecule has 0 radical (unpaired) electrons. The van der Waals surface area contributed by atoms with E-state index in [0.29, 0.717) is 24.5 Å². The summed E-state index contributed by atoms with van der Waals surface area (Å²) in [5.74, 6) is 0.392. The molecule has 0 unspecified atom stereocenters. The number of hydrogen-bond acceptors (Lipinski definition) is 4. The summed E-state index contributed by atoms with van der Waals surface area (Å²) in [6.45, 7) is 1.29. The Balaban J connectivity index is 2.22. The first-order chi connectivity index (χ1) is 8.76. The van der Waals surface area contributed by atoms with Gasteiger partial charge >= 0.3 is 0 Å². The van der Waals surface area contributed by atoms with Gasteiger partial charge in [0.2, 0.25) is 5.91 Å². The molecule has 0 aliphatic rings. The molecule has 0 aromatic heterocycles. The Morgan fingerprint density at radius 1 is 1.39 bits per heavy atom. The number of amides is 1. The van der Waals surface area contributed by atoms with E-state index in [2.05, 4.69) is 5.32 Å². The largest absolute Gasteiger partial charge is 0.385 e. The first kappa shape index (κ1) is 14.7. The molecule has 5 heteroatoms. The zero-order chi connectivity index (χ0) is 13.2. The maximum Gasteiger partial charge on any atom is 0.230 e. The number of ether oxygens (including phenoxy) is 1. The van der Waals surface area contributed by atoms with Crippen LogP contribution in [0.5, 0.6) is 0 Å². The summed E-state index contributed by atoms with van der Waals surface area (Å²) in [6.07, 6.45) is 1.62. The van der Waals surface area contributed by atoms with E-state index in [1.807, 2.05) is 12.1 Å². The fourth-order valence-corrected chi connectivity index (χ4v) is 2.02. The second-order valence-electron chi connectivity index (χ2n) is 3.67. The van der Waals surface area contributed by atoms with Gasteiger partial charge in [-0.25, -0.2) is 0 Å². The third-order valence-electron chi connectivity index (χ3n) is 2.23. The Morgan fingerprint density at radius 3 is 2.72 bits per heavy atom. The van der Waals surface area contributed by atoms with E-state index in [-0.39, 0.29) is 5.91 Å². The van der Waals surface area contributed by atoms with Crippen molar-refractivity contribution in [3.8, 4) is 0 Å². The molecular weight excluding hydrogens is 250 g/mol. The number of rotatable bonds is 8. The molecule has 1 rings (SSSR count). The van der Waals surface area contributed by atoms with Crippen molar-refractivity contribution in [3.63, 3.8) is 0 Å². The Labute approximate surface area is 111 Å². The molecule has 0 saturated carbocycles. The van der Waals surface area contributed by atoms with E-state index < -0.39 is 0 Å². The van der Waals surface area contributed by atoms with Crippen molar-refractivity contribution >= 4 is 24.0 Å². The first-order valence-electron chi connectivity index (χ1n) is 5.70. The molecule has 0 heterocycles. The van der Waals surface area contributed by atoms with Gasteiger partial charge in [0.15, 0.2) is 0 Å². The van der Waals surface area contributed by atoms with Crippen molar-refractivity contribution < 1.29 is 14.3 Å². The molecule has 1 amide bonds. The van der Waals surface area contributed by atoms with Gasteiger partial charge in [-0.1, -0.05) is 12.1 Å². The van der Waals surface area contributed by atoms with Crippen LogP contribution in [0.2, 0.25) is 0 Å². The van der Waals surface area contributed by atoms with Crippen molar-refractivity contribution in [2.24, 2.45) is 0 Å². The Morgan fingerprint density at radius 2 is 2.11 bits per heavy atom. The summed E-state index contributed by atoms with van der Waals surface area (Å²) < 4.78 is 4.89. The molecule has 1 aromatic carbocycles. The Hall–Kier alpha value is -1.33. The van der Waals surface area contributed by atoms with Crippen LogP contribution in [-0.4, -0.2) is 38.2 Å². The van der Waals surface area contributed by atoms with E-state index in [4.69, 9.17) is 4.74 Å². The number of thioether (sulfide) groups is 1. The molecule has 1 aromatic rings. The SMILES string of the molecule is COCCCNC(=O)CSc1ccc(C=O)cc1. The van der Waals surface area contributed by atoms with Crippen molar-refractivity contribution in [1.29, 1.82) is 0 Å². The van der Waals surface area contributed by atoms with E-state index in [9.17, 15) is 9.59 Å². The standard InChI is InChI=1S/C13H17NO3S/c1-17-8-2-7-14-13(16)10-18-12-5-3-11(9-15)4-6-12/h3-6,9H,2,7-8,10H2,1H3,(H,14,16). The zero-order valence-corrected chi connectivity index (χ0v) is 11.2. The van der Waals surface area contributed by atoms with Crippen LogP contribution >= 0.6 is 11.8 Å². The highest BCUT2D eigenvalue weighted by Crippen LogP contribution is 2.17. The van der Waals surface area contributed by atoms with Crippen LogP contribution in [0.3, 0.4) is 0 Å². The lowest BCUT2D eigenvalue weighted by atomic mass is 10.2. The average Bonchev–Trinajstić information content (AvgIpc) is 2.42.